The van der Waals surface area contributed by atoms with Gasteiger partial charge in [0.15, 0.2) is 0 Å². The summed E-state index contributed by atoms with van der Waals surface area (Å²) in [5.41, 5.74) is 5.65. The lowest BCUT2D eigenvalue weighted by Crippen LogP contribution is -2.21. The monoisotopic (exact) mass is 245 g/mol. The quantitative estimate of drug-likeness (QED) is 0.891. The number of aromatic nitrogens is 1. The number of anilines is 2. The van der Waals surface area contributed by atoms with E-state index in [-0.39, 0.29) is 0 Å². The Morgan fingerprint density at radius 1 is 1.47 bits per heavy atom. The Bertz CT molecular complexity index is 377. The molecule has 1 saturated carbocycles. The molecular weight excluding hydrogens is 233 g/mol. The molecule has 1 heterocycles. The highest BCUT2D eigenvalue weighted by molar-refractivity contribution is 6.37. The van der Waals surface area contributed by atoms with Crippen LogP contribution >= 0.6 is 23.2 Å². The smallest absolute Gasteiger partial charge is 0.149 e. The van der Waals surface area contributed by atoms with Gasteiger partial charge < -0.3 is 10.6 Å². The second-order valence-electron chi connectivity index (χ2n) is 3.98. The van der Waals surface area contributed by atoms with E-state index in [1.54, 1.807) is 6.07 Å². The number of nitrogens with zero attached hydrogens (tertiary/aromatic N) is 2. The molecule has 0 unspecified atom stereocenters. The summed E-state index contributed by atoms with van der Waals surface area (Å²) in [4.78, 5) is 6.23. The molecule has 0 aliphatic heterocycles. The fourth-order valence-corrected chi connectivity index (χ4v) is 2.02. The van der Waals surface area contributed by atoms with Crippen molar-refractivity contribution in [1.29, 1.82) is 0 Å². The van der Waals surface area contributed by atoms with Gasteiger partial charge in [0.2, 0.25) is 0 Å². The van der Waals surface area contributed by atoms with Gasteiger partial charge in [-0.2, -0.15) is 0 Å². The van der Waals surface area contributed by atoms with Crippen LogP contribution in [0.3, 0.4) is 0 Å². The molecule has 0 aromatic carbocycles. The molecule has 0 saturated heterocycles. The van der Waals surface area contributed by atoms with Crippen molar-refractivity contribution in [2.75, 3.05) is 24.2 Å². The van der Waals surface area contributed by atoms with Gasteiger partial charge in [-0.05, 0) is 24.8 Å². The molecule has 15 heavy (non-hydrogen) atoms. The van der Waals surface area contributed by atoms with Gasteiger partial charge in [0.05, 0.1) is 10.0 Å². The van der Waals surface area contributed by atoms with Crippen LogP contribution in [0, 0.1) is 5.92 Å². The van der Waals surface area contributed by atoms with Gasteiger partial charge in [0.1, 0.15) is 11.6 Å². The van der Waals surface area contributed by atoms with Crippen molar-refractivity contribution in [3.8, 4) is 0 Å². The highest BCUT2D eigenvalue weighted by atomic mass is 35.5. The number of rotatable bonds is 3. The van der Waals surface area contributed by atoms with Crippen LogP contribution in [0.4, 0.5) is 11.6 Å². The van der Waals surface area contributed by atoms with Crippen LogP contribution in [0.25, 0.3) is 0 Å². The number of halogens is 2. The lowest BCUT2D eigenvalue weighted by atomic mass is 10.3. The van der Waals surface area contributed by atoms with Gasteiger partial charge in [0, 0.05) is 13.6 Å². The molecule has 82 valence electrons. The van der Waals surface area contributed by atoms with Crippen molar-refractivity contribution in [1.82, 2.24) is 4.98 Å². The minimum atomic E-state index is 0.332. The normalized spacial score (nSPS) is 15.4. The van der Waals surface area contributed by atoms with E-state index in [2.05, 4.69) is 4.98 Å². The summed E-state index contributed by atoms with van der Waals surface area (Å²) in [5, 5.41) is 0.959. The van der Waals surface area contributed by atoms with Crippen LogP contribution in [-0.4, -0.2) is 18.6 Å². The Kier molecular flexibility index (Phi) is 2.94. The van der Waals surface area contributed by atoms with Crippen LogP contribution in [0.2, 0.25) is 10.0 Å². The molecule has 0 atom stereocenters. The average molecular weight is 246 g/mol. The van der Waals surface area contributed by atoms with Gasteiger partial charge in [0.25, 0.3) is 0 Å². The molecule has 1 aromatic rings. The summed E-state index contributed by atoms with van der Waals surface area (Å²) in [6.45, 7) is 0.980. The third-order valence-corrected chi connectivity index (χ3v) is 3.11. The summed E-state index contributed by atoms with van der Waals surface area (Å²) < 4.78 is 0. The van der Waals surface area contributed by atoms with E-state index in [0.29, 0.717) is 21.7 Å². The van der Waals surface area contributed by atoms with E-state index in [1.165, 1.54) is 12.8 Å². The Hall–Kier alpha value is -0.670. The molecular formula is C10H13Cl2N3. The first kappa shape index (κ1) is 10.8. The standard InChI is InChI=1S/C10H13Cl2N3/c1-15(5-6-2-3-6)10-8(12)4-7(11)9(13)14-10/h4,6H,2-3,5H2,1H3,(H2,13,14). The predicted molar refractivity (Wildman–Crippen MR) is 64.7 cm³/mol. The molecule has 0 radical (unpaired) electrons. The van der Waals surface area contributed by atoms with Crippen LogP contribution in [0.1, 0.15) is 12.8 Å². The summed E-state index contributed by atoms with van der Waals surface area (Å²) in [6, 6.07) is 1.64. The van der Waals surface area contributed by atoms with Crippen molar-refractivity contribution in [3.63, 3.8) is 0 Å². The van der Waals surface area contributed by atoms with Crippen molar-refractivity contribution >= 4 is 34.8 Å². The SMILES string of the molecule is CN(CC1CC1)c1nc(N)c(Cl)cc1Cl. The summed E-state index contributed by atoms with van der Waals surface area (Å²) in [6.07, 6.45) is 2.59. The van der Waals surface area contributed by atoms with Crippen LogP contribution in [0.15, 0.2) is 6.07 Å². The predicted octanol–water partition coefficient (Wildman–Crippen LogP) is 2.82. The average Bonchev–Trinajstić information content (AvgIpc) is 2.95. The molecule has 3 nitrogen and oxygen atoms in total. The second-order valence-corrected chi connectivity index (χ2v) is 4.80. The zero-order valence-electron chi connectivity index (χ0n) is 8.50. The summed E-state index contributed by atoms with van der Waals surface area (Å²) >= 11 is 11.9. The number of nitrogen functional groups attached to an aromatic ring is 1. The fraction of sp³-hybridized carbons (Fsp3) is 0.500. The van der Waals surface area contributed by atoms with Crippen molar-refractivity contribution in [2.24, 2.45) is 5.92 Å². The first-order chi connectivity index (χ1) is 7.08. The van der Waals surface area contributed by atoms with Crippen molar-refractivity contribution < 1.29 is 0 Å². The molecule has 1 aliphatic rings. The number of nitrogens with two attached hydrogens (primary N) is 1. The molecule has 0 amide bonds. The van der Waals surface area contributed by atoms with Crippen molar-refractivity contribution in [2.45, 2.75) is 12.8 Å². The summed E-state index contributed by atoms with van der Waals surface area (Å²) in [7, 11) is 1.97. The molecule has 2 rings (SSSR count). The fourth-order valence-electron chi connectivity index (χ4n) is 1.51. The molecule has 1 aliphatic carbocycles. The Morgan fingerprint density at radius 3 is 2.73 bits per heavy atom. The third-order valence-electron chi connectivity index (χ3n) is 2.53. The second kappa shape index (κ2) is 4.06. The minimum absolute atomic E-state index is 0.332. The Morgan fingerprint density at radius 2 is 2.13 bits per heavy atom. The Balaban J connectivity index is 2.21. The maximum Gasteiger partial charge on any atom is 0.149 e. The number of hydrogen-bond acceptors (Lipinski definition) is 3. The molecule has 0 bridgehead atoms. The Labute approximate surface area is 99.2 Å². The van der Waals surface area contributed by atoms with E-state index < -0.39 is 0 Å². The zero-order chi connectivity index (χ0) is 11.0. The van der Waals surface area contributed by atoms with E-state index in [9.17, 15) is 0 Å². The van der Waals surface area contributed by atoms with Gasteiger partial charge >= 0.3 is 0 Å². The van der Waals surface area contributed by atoms with Crippen LogP contribution in [0.5, 0.6) is 0 Å². The number of pyridine rings is 1. The maximum absolute atomic E-state index is 6.06. The molecule has 5 heteroatoms. The lowest BCUT2D eigenvalue weighted by molar-refractivity contribution is 0.778. The first-order valence-electron chi connectivity index (χ1n) is 4.90. The van der Waals surface area contributed by atoms with E-state index in [1.807, 2.05) is 11.9 Å². The van der Waals surface area contributed by atoms with E-state index in [4.69, 9.17) is 28.9 Å². The van der Waals surface area contributed by atoms with Gasteiger partial charge in [-0.1, -0.05) is 23.2 Å². The third kappa shape index (κ3) is 2.47. The first-order valence-corrected chi connectivity index (χ1v) is 5.66. The molecule has 0 spiro atoms. The zero-order valence-corrected chi connectivity index (χ0v) is 10.0. The molecule has 1 fully saturated rings. The summed E-state index contributed by atoms with van der Waals surface area (Å²) in [5.74, 6) is 1.83. The topological polar surface area (TPSA) is 42.2 Å². The lowest BCUT2D eigenvalue weighted by Gasteiger charge is -2.19. The minimum Gasteiger partial charge on any atom is -0.382 e. The number of hydrogen-bond donors (Lipinski definition) is 1. The van der Waals surface area contributed by atoms with Gasteiger partial charge in [-0.3, -0.25) is 0 Å². The van der Waals surface area contributed by atoms with Crippen molar-refractivity contribution in [3.05, 3.63) is 16.1 Å². The van der Waals surface area contributed by atoms with Crippen LogP contribution in [-0.2, 0) is 0 Å². The van der Waals surface area contributed by atoms with E-state index in [0.717, 1.165) is 12.5 Å². The maximum atomic E-state index is 6.06. The van der Waals surface area contributed by atoms with Gasteiger partial charge in [-0.25, -0.2) is 4.98 Å². The van der Waals surface area contributed by atoms with E-state index >= 15 is 0 Å². The molecule has 2 N–H and O–H groups in total. The largest absolute Gasteiger partial charge is 0.382 e. The van der Waals surface area contributed by atoms with Crippen LogP contribution < -0.4 is 10.6 Å². The highest BCUT2D eigenvalue weighted by Crippen LogP contribution is 2.34. The molecule has 1 aromatic heterocycles. The van der Waals surface area contributed by atoms with Gasteiger partial charge in [-0.15, -0.1) is 0 Å². The highest BCUT2D eigenvalue weighted by Gasteiger charge is 2.24.